The number of amides is 2. The van der Waals surface area contributed by atoms with Crippen LogP contribution in [0.25, 0.3) is 0 Å². The van der Waals surface area contributed by atoms with Crippen molar-refractivity contribution < 1.29 is 19.4 Å². The van der Waals surface area contributed by atoms with Crippen LogP contribution in [0, 0.1) is 0 Å². The zero-order valence-corrected chi connectivity index (χ0v) is 17.4. The molecule has 9 heteroatoms. The van der Waals surface area contributed by atoms with Crippen molar-refractivity contribution in [3.63, 3.8) is 0 Å². The first-order valence-electron chi connectivity index (χ1n) is 9.32. The second kappa shape index (κ2) is 10.5. The number of carbonyl (C=O) groups excluding carboxylic acids is 2. The van der Waals surface area contributed by atoms with Gasteiger partial charge >= 0.3 is 0 Å². The molecule has 1 aliphatic heterocycles. The van der Waals surface area contributed by atoms with Gasteiger partial charge in [-0.1, -0.05) is 41.4 Å². The molecular weight excluding hydrogens is 429 g/mol. The Balaban J connectivity index is 1.52. The minimum absolute atomic E-state index is 0.0809. The Hall–Kier alpha value is -2.45. The lowest BCUT2D eigenvalue weighted by Crippen LogP contribution is -2.49. The van der Waals surface area contributed by atoms with Crippen LogP contribution in [0.3, 0.4) is 0 Å². The van der Waals surface area contributed by atoms with Crippen LogP contribution in [0.4, 0.5) is 0 Å². The lowest BCUT2D eigenvalue weighted by atomic mass is 10.0. The third kappa shape index (κ3) is 6.03. The van der Waals surface area contributed by atoms with Gasteiger partial charge in [0.25, 0.3) is 5.91 Å². The van der Waals surface area contributed by atoms with Crippen molar-refractivity contribution in [3.8, 4) is 0 Å². The summed E-state index contributed by atoms with van der Waals surface area (Å²) in [5, 5.41) is 16.1. The van der Waals surface area contributed by atoms with E-state index in [4.69, 9.17) is 27.9 Å². The summed E-state index contributed by atoms with van der Waals surface area (Å²) in [4.78, 5) is 28.5. The van der Waals surface area contributed by atoms with E-state index in [0.717, 1.165) is 5.56 Å². The highest BCUT2D eigenvalue weighted by molar-refractivity contribution is 6.42. The third-order valence-corrected chi connectivity index (χ3v) is 5.28. The average molecular weight is 450 g/mol. The molecule has 0 bridgehead atoms. The number of aromatic nitrogens is 1. The van der Waals surface area contributed by atoms with E-state index in [1.807, 2.05) is 0 Å². The Morgan fingerprint density at radius 1 is 1.17 bits per heavy atom. The van der Waals surface area contributed by atoms with Crippen LogP contribution < -0.4 is 10.6 Å². The van der Waals surface area contributed by atoms with Gasteiger partial charge < -0.3 is 20.5 Å². The molecule has 0 unspecified atom stereocenters. The normalized spacial score (nSPS) is 20.6. The topological polar surface area (TPSA) is 101 Å². The molecule has 1 aromatic heterocycles. The predicted molar refractivity (Wildman–Crippen MR) is 113 cm³/mol. The fraction of sp³-hybridized carbons (Fsp3) is 0.286. The van der Waals surface area contributed by atoms with Crippen molar-refractivity contribution in [2.24, 2.45) is 0 Å². The summed E-state index contributed by atoms with van der Waals surface area (Å²) in [6.07, 6.45) is 5.38. The Labute approximate surface area is 184 Å². The fourth-order valence-electron chi connectivity index (χ4n) is 2.97. The van der Waals surface area contributed by atoms with Crippen LogP contribution in [0.15, 0.2) is 54.9 Å². The number of carbonyl (C=O) groups is 2. The Bertz CT molecular complexity index is 924. The molecule has 0 saturated carbocycles. The van der Waals surface area contributed by atoms with Crippen LogP contribution in [0.2, 0.25) is 10.0 Å². The number of aliphatic hydroxyl groups is 1. The van der Waals surface area contributed by atoms with Gasteiger partial charge in [0.2, 0.25) is 5.91 Å². The summed E-state index contributed by atoms with van der Waals surface area (Å²) in [5.41, 5.74) is 1.23. The molecule has 158 valence electrons. The maximum absolute atomic E-state index is 12.3. The van der Waals surface area contributed by atoms with Crippen molar-refractivity contribution >= 4 is 35.0 Å². The minimum atomic E-state index is -0.663. The van der Waals surface area contributed by atoms with Crippen LogP contribution in [-0.4, -0.2) is 46.8 Å². The van der Waals surface area contributed by atoms with E-state index >= 15 is 0 Å². The quantitative estimate of drug-likeness (QED) is 0.563. The number of rotatable bonds is 7. The first-order chi connectivity index (χ1) is 14.5. The Morgan fingerprint density at radius 3 is 2.70 bits per heavy atom. The number of aliphatic hydroxyl groups excluding tert-OH is 1. The van der Waals surface area contributed by atoms with Crippen LogP contribution >= 0.6 is 23.2 Å². The van der Waals surface area contributed by atoms with Crippen LogP contribution in [-0.2, 0) is 16.1 Å². The second-order valence-corrected chi connectivity index (χ2v) is 7.57. The highest BCUT2D eigenvalue weighted by Crippen LogP contribution is 2.22. The first kappa shape index (κ1) is 22.2. The van der Waals surface area contributed by atoms with Gasteiger partial charge in [0.05, 0.1) is 40.8 Å². The molecule has 7 nitrogen and oxygen atoms in total. The molecule has 1 aromatic carbocycles. The Morgan fingerprint density at radius 2 is 2.00 bits per heavy atom. The summed E-state index contributed by atoms with van der Waals surface area (Å²) < 4.78 is 5.78. The smallest absolute Gasteiger partial charge is 0.253 e. The number of halogens is 2. The molecule has 0 radical (unpaired) electrons. The van der Waals surface area contributed by atoms with E-state index in [0.29, 0.717) is 22.2 Å². The zero-order valence-electron chi connectivity index (χ0n) is 15.9. The third-order valence-electron chi connectivity index (χ3n) is 4.54. The maximum atomic E-state index is 12.3. The van der Waals surface area contributed by atoms with Gasteiger partial charge in [0.15, 0.2) is 0 Å². The molecular formula is C21H21Cl2N3O4. The summed E-state index contributed by atoms with van der Waals surface area (Å²) in [6.45, 7) is 0.00307. The van der Waals surface area contributed by atoms with Gasteiger partial charge in [-0.25, -0.2) is 0 Å². The number of nitrogens with one attached hydrogen (secondary N) is 2. The molecule has 0 aliphatic carbocycles. The zero-order chi connectivity index (χ0) is 21.5. The number of hydrogen-bond donors (Lipinski definition) is 3. The number of benzene rings is 1. The molecule has 2 heterocycles. The van der Waals surface area contributed by atoms with Gasteiger partial charge in [-0.3, -0.25) is 14.6 Å². The molecule has 3 atom stereocenters. The summed E-state index contributed by atoms with van der Waals surface area (Å²) in [6, 6.07) is 7.94. The first-order valence-corrected chi connectivity index (χ1v) is 10.1. The molecule has 0 spiro atoms. The Kier molecular flexibility index (Phi) is 7.81. The van der Waals surface area contributed by atoms with E-state index in [2.05, 4.69) is 15.6 Å². The minimum Gasteiger partial charge on any atom is -0.394 e. The average Bonchev–Trinajstić information content (AvgIpc) is 2.76. The van der Waals surface area contributed by atoms with Crippen molar-refractivity contribution in [2.75, 3.05) is 6.61 Å². The second-order valence-electron chi connectivity index (χ2n) is 6.75. The van der Waals surface area contributed by atoms with Crippen LogP contribution in [0.1, 0.15) is 22.3 Å². The van der Waals surface area contributed by atoms with Crippen molar-refractivity contribution in [1.29, 1.82) is 0 Å². The van der Waals surface area contributed by atoms with Gasteiger partial charge in [0, 0.05) is 18.9 Å². The van der Waals surface area contributed by atoms with E-state index in [1.165, 1.54) is 6.20 Å². The van der Waals surface area contributed by atoms with Gasteiger partial charge in [-0.15, -0.1) is 0 Å². The molecule has 1 aliphatic rings. The largest absolute Gasteiger partial charge is 0.394 e. The van der Waals surface area contributed by atoms with E-state index < -0.39 is 18.2 Å². The standard InChI is InChI=1S/C21H21Cl2N3O4/c22-16-5-3-13(8-17(16)23)10-25-20(28)9-15-4-6-18(19(12-27)30-15)26-21(29)14-2-1-7-24-11-14/h1-8,11,15,18-19,27H,9-10,12H2,(H,25,28)(H,26,29)/t15-,18-,19+/m0/s1. The van der Waals surface area contributed by atoms with Crippen molar-refractivity contribution in [2.45, 2.75) is 31.2 Å². The maximum Gasteiger partial charge on any atom is 0.253 e. The van der Waals surface area contributed by atoms with Crippen molar-refractivity contribution in [1.82, 2.24) is 15.6 Å². The molecule has 0 saturated heterocycles. The lowest BCUT2D eigenvalue weighted by Gasteiger charge is -2.31. The predicted octanol–water partition coefficient (Wildman–Crippen LogP) is 2.51. The van der Waals surface area contributed by atoms with E-state index in [-0.39, 0.29) is 24.8 Å². The lowest BCUT2D eigenvalue weighted by molar-refractivity contribution is -0.125. The monoisotopic (exact) mass is 449 g/mol. The highest BCUT2D eigenvalue weighted by atomic mass is 35.5. The van der Waals surface area contributed by atoms with Crippen molar-refractivity contribution in [3.05, 3.63) is 76.0 Å². The van der Waals surface area contributed by atoms with Gasteiger partial charge in [-0.2, -0.15) is 0 Å². The number of hydrogen-bond acceptors (Lipinski definition) is 5. The van der Waals surface area contributed by atoms with Gasteiger partial charge in [-0.05, 0) is 29.8 Å². The van der Waals surface area contributed by atoms with Gasteiger partial charge in [0.1, 0.15) is 6.10 Å². The highest BCUT2D eigenvalue weighted by Gasteiger charge is 2.29. The molecule has 3 rings (SSSR count). The molecule has 2 amide bonds. The summed E-state index contributed by atoms with van der Waals surface area (Å²) >= 11 is 11.9. The summed E-state index contributed by atoms with van der Waals surface area (Å²) in [7, 11) is 0. The number of nitrogens with zero attached hydrogens (tertiary/aromatic N) is 1. The number of pyridine rings is 1. The van der Waals surface area contributed by atoms with E-state index in [1.54, 1.807) is 48.7 Å². The van der Waals surface area contributed by atoms with E-state index in [9.17, 15) is 14.7 Å². The SMILES string of the molecule is O=C(C[C@@H]1C=C[C@H](NC(=O)c2cccnc2)[C@@H](CO)O1)NCc1ccc(Cl)c(Cl)c1. The molecule has 3 N–H and O–H groups in total. The molecule has 0 fully saturated rings. The number of ether oxygens (including phenoxy) is 1. The fourth-order valence-corrected chi connectivity index (χ4v) is 3.29. The molecule has 30 heavy (non-hydrogen) atoms. The van der Waals surface area contributed by atoms with Crippen LogP contribution in [0.5, 0.6) is 0 Å². The summed E-state index contributed by atoms with van der Waals surface area (Å²) in [5.74, 6) is -0.539. The molecule has 2 aromatic rings.